The van der Waals surface area contributed by atoms with Gasteiger partial charge in [0.15, 0.2) is 0 Å². The van der Waals surface area contributed by atoms with Crippen LogP contribution in [0.1, 0.15) is 37.0 Å². The molecule has 0 spiro atoms. The molecule has 21 heavy (non-hydrogen) atoms. The van der Waals surface area contributed by atoms with Crippen molar-refractivity contribution in [1.82, 2.24) is 0 Å². The fourth-order valence-corrected chi connectivity index (χ4v) is 2.97. The number of hydrogen-bond acceptors (Lipinski definition) is 4. The Morgan fingerprint density at radius 2 is 2.05 bits per heavy atom. The number of primary sulfonamides is 1. The van der Waals surface area contributed by atoms with E-state index in [9.17, 15) is 13.2 Å². The number of nitrogens with two attached hydrogens (primary N) is 1. The smallest absolute Gasteiger partial charge is 0.339 e. The molecule has 0 amide bonds. The van der Waals surface area contributed by atoms with Crippen LogP contribution in [0.5, 0.6) is 0 Å². The number of esters is 1. The molecule has 118 valence electrons. The number of carbonyl (C=O) groups is 1. The third kappa shape index (κ3) is 5.58. The minimum absolute atomic E-state index is 0.0281. The number of hydrogen-bond donors (Lipinski definition) is 1. The fraction of sp³-hybridized carbons (Fsp3) is 0.462. The standard InChI is InChI=1S/C13H17BrClNO4S/c1-8(2)4-3-5-20-13(17)10-6-9(21(16,18)19)7-11(14)12(10)15/h6-8H,3-5H2,1-2H3,(H2,16,18,19). The summed E-state index contributed by atoms with van der Waals surface area (Å²) in [5, 5.41) is 5.15. The first kappa shape index (κ1) is 18.4. The predicted octanol–water partition coefficient (Wildman–Crippen LogP) is 3.34. The van der Waals surface area contributed by atoms with E-state index in [1.54, 1.807) is 0 Å². The lowest BCUT2D eigenvalue weighted by Gasteiger charge is -2.10. The molecule has 5 nitrogen and oxygen atoms in total. The van der Waals surface area contributed by atoms with Crippen molar-refractivity contribution in [1.29, 1.82) is 0 Å². The number of benzene rings is 1. The molecule has 0 aliphatic carbocycles. The van der Waals surface area contributed by atoms with Crippen molar-refractivity contribution in [3.05, 3.63) is 27.2 Å². The van der Waals surface area contributed by atoms with Crippen molar-refractivity contribution in [3.63, 3.8) is 0 Å². The Balaban J connectivity index is 2.91. The second kappa shape index (κ2) is 7.58. The molecule has 0 aromatic heterocycles. The first-order valence-corrected chi connectivity index (χ1v) is 9.03. The quantitative estimate of drug-likeness (QED) is 0.588. The first-order chi connectivity index (χ1) is 9.62. The number of carbonyl (C=O) groups excluding carboxylic acids is 1. The zero-order valence-electron chi connectivity index (χ0n) is 11.7. The van der Waals surface area contributed by atoms with Gasteiger partial charge in [-0.3, -0.25) is 0 Å². The van der Waals surface area contributed by atoms with E-state index >= 15 is 0 Å². The third-order valence-corrected chi connectivity index (χ3v) is 4.86. The molecule has 2 N–H and O–H groups in total. The second-order valence-corrected chi connectivity index (χ2v) is 7.78. The van der Waals surface area contributed by atoms with Gasteiger partial charge in [0.05, 0.1) is 22.1 Å². The van der Waals surface area contributed by atoms with Crippen molar-refractivity contribution < 1.29 is 17.9 Å². The van der Waals surface area contributed by atoms with E-state index in [4.69, 9.17) is 21.5 Å². The van der Waals surface area contributed by atoms with Gasteiger partial charge in [0.1, 0.15) is 0 Å². The van der Waals surface area contributed by atoms with Crippen molar-refractivity contribution >= 4 is 43.5 Å². The molecule has 0 fully saturated rings. The minimum Gasteiger partial charge on any atom is -0.462 e. The molecule has 0 bridgehead atoms. The predicted molar refractivity (Wildman–Crippen MR) is 84.9 cm³/mol. The lowest BCUT2D eigenvalue weighted by atomic mass is 10.1. The van der Waals surface area contributed by atoms with Crippen LogP contribution >= 0.6 is 27.5 Å². The molecular weight excluding hydrogens is 382 g/mol. The Labute approximate surface area is 138 Å². The van der Waals surface area contributed by atoms with Crippen molar-refractivity contribution in [2.45, 2.75) is 31.6 Å². The van der Waals surface area contributed by atoms with E-state index in [0.29, 0.717) is 5.92 Å². The average Bonchev–Trinajstić information content (AvgIpc) is 2.35. The maximum Gasteiger partial charge on any atom is 0.339 e. The minimum atomic E-state index is -3.93. The summed E-state index contributed by atoms with van der Waals surface area (Å²) in [4.78, 5) is 11.8. The van der Waals surface area contributed by atoms with E-state index < -0.39 is 16.0 Å². The number of halogens is 2. The van der Waals surface area contributed by atoms with Gasteiger partial charge >= 0.3 is 5.97 Å². The van der Waals surface area contributed by atoms with Gasteiger partial charge in [-0.25, -0.2) is 18.4 Å². The summed E-state index contributed by atoms with van der Waals surface area (Å²) in [7, 11) is -3.93. The summed E-state index contributed by atoms with van der Waals surface area (Å²) in [5.41, 5.74) is -0.0281. The van der Waals surface area contributed by atoms with Gasteiger partial charge in [-0.2, -0.15) is 0 Å². The Kier molecular flexibility index (Phi) is 6.65. The van der Waals surface area contributed by atoms with E-state index in [2.05, 4.69) is 29.8 Å². The number of rotatable bonds is 6. The van der Waals surface area contributed by atoms with Gasteiger partial charge in [-0.1, -0.05) is 25.4 Å². The second-order valence-electron chi connectivity index (χ2n) is 4.98. The van der Waals surface area contributed by atoms with Crippen LogP contribution in [-0.4, -0.2) is 21.0 Å². The Morgan fingerprint density at radius 3 is 2.57 bits per heavy atom. The monoisotopic (exact) mass is 397 g/mol. The molecule has 0 atom stereocenters. The van der Waals surface area contributed by atoms with Gasteiger partial charge in [0.25, 0.3) is 0 Å². The Morgan fingerprint density at radius 1 is 1.43 bits per heavy atom. The highest BCUT2D eigenvalue weighted by molar-refractivity contribution is 9.10. The SMILES string of the molecule is CC(C)CCCOC(=O)c1cc(S(N)(=O)=O)cc(Br)c1Cl. The Hall–Kier alpha value is -0.630. The Bertz CT molecular complexity index is 631. The maximum absolute atomic E-state index is 12.0. The largest absolute Gasteiger partial charge is 0.462 e. The summed E-state index contributed by atoms with van der Waals surface area (Å²) in [6, 6.07) is 2.36. The van der Waals surface area contributed by atoms with Crippen LogP contribution in [0, 0.1) is 5.92 Å². The number of ether oxygens (including phenoxy) is 1. The van der Waals surface area contributed by atoms with Gasteiger partial charge in [0, 0.05) is 4.47 Å². The molecule has 0 aliphatic heterocycles. The summed E-state index contributed by atoms with van der Waals surface area (Å²) >= 11 is 9.09. The lowest BCUT2D eigenvalue weighted by Crippen LogP contribution is -2.14. The number of sulfonamides is 1. The maximum atomic E-state index is 12.0. The summed E-state index contributed by atoms with van der Waals surface area (Å²) in [6.45, 7) is 4.40. The molecule has 0 heterocycles. The van der Waals surface area contributed by atoms with Crippen LogP contribution in [0.3, 0.4) is 0 Å². The van der Waals surface area contributed by atoms with Gasteiger partial charge in [0.2, 0.25) is 10.0 Å². The van der Waals surface area contributed by atoms with Crippen LogP contribution < -0.4 is 5.14 Å². The van der Waals surface area contributed by atoms with E-state index in [1.165, 1.54) is 6.07 Å². The molecule has 8 heteroatoms. The normalized spacial score (nSPS) is 11.7. The van der Waals surface area contributed by atoms with E-state index in [1.807, 2.05) is 0 Å². The molecule has 0 radical (unpaired) electrons. The van der Waals surface area contributed by atoms with Crippen LogP contribution in [-0.2, 0) is 14.8 Å². The van der Waals surface area contributed by atoms with Crippen molar-refractivity contribution in [3.8, 4) is 0 Å². The first-order valence-electron chi connectivity index (χ1n) is 6.32. The summed E-state index contributed by atoms with van der Waals surface area (Å²) < 4.78 is 28.1. The zero-order chi connectivity index (χ0) is 16.2. The van der Waals surface area contributed by atoms with E-state index in [-0.39, 0.29) is 26.6 Å². The molecule has 1 aromatic rings. The topological polar surface area (TPSA) is 86.5 Å². The molecule has 0 unspecified atom stereocenters. The summed E-state index contributed by atoms with van der Waals surface area (Å²) in [6.07, 6.45) is 1.67. The molecular formula is C13H17BrClNO4S. The molecule has 0 saturated carbocycles. The van der Waals surface area contributed by atoms with Crippen LogP contribution in [0.4, 0.5) is 0 Å². The summed E-state index contributed by atoms with van der Waals surface area (Å²) in [5.74, 6) is -0.151. The van der Waals surface area contributed by atoms with E-state index in [0.717, 1.165) is 18.9 Å². The van der Waals surface area contributed by atoms with Gasteiger partial charge in [-0.05, 0) is 46.8 Å². The zero-order valence-corrected chi connectivity index (χ0v) is 14.9. The highest BCUT2D eigenvalue weighted by Gasteiger charge is 2.19. The average molecular weight is 399 g/mol. The fourth-order valence-electron chi connectivity index (χ4n) is 1.61. The molecule has 0 saturated heterocycles. The van der Waals surface area contributed by atoms with Gasteiger partial charge in [-0.15, -0.1) is 0 Å². The van der Waals surface area contributed by atoms with Crippen LogP contribution in [0.15, 0.2) is 21.5 Å². The highest BCUT2D eigenvalue weighted by atomic mass is 79.9. The molecule has 0 aliphatic rings. The molecule has 1 aromatic carbocycles. The third-order valence-electron chi connectivity index (χ3n) is 2.71. The highest BCUT2D eigenvalue weighted by Crippen LogP contribution is 2.30. The van der Waals surface area contributed by atoms with Crippen LogP contribution in [0.2, 0.25) is 5.02 Å². The van der Waals surface area contributed by atoms with Crippen molar-refractivity contribution in [2.75, 3.05) is 6.61 Å². The molecule has 1 rings (SSSR count). The van der Waals surface area contributed by atoms with Crippen molar-refractivity contribution in [2.24, 2.45) is 11.1 Å². The lowest BCUT2D eigenvalue weighted by molar-refractivity contribution is 0.0494. The van der Waals surface area contributed by atoms with Crippen LogP contribution in [0.25, 0.3) is 0 Å². The van der Waals surface area contributed by atoms with Gasteiger partial charge < -0.3 is 4.74 Å².